The van der Waals surface area contributed by atoms with E-state index in [2.05, 4.69) is 20.9 Å². The van der Waals surface area contributed by atoms with E-state index in [1.54, 1.807) is 43.9 Å². The summed E-state index contributed by atoms with van der Waals surface area (Å²) in [6.07, 6.45) is 1.40. The highest BCUT2D eigenvalue weighted by Gasteiger charge is 2.30. The second-order valence-electron chi connectivity index (χ2n) is 11.3. The van der Waals surface area contributed by atoms with Gasteiger partial charge in [-0.1, -0.05) is 53.5 Å². The third-order valence-electron chi connectivity index (χ3n) is 6.82. The van der Waals surface area contributed by atoms with Crippen LogP contribution < -0.4 is 16.0 Å². The maximum Gasteiger partial charge on any atom is 0.408 e. The van der Waals surface area contributed by atoms with E-state index in [4.69, 9.17) is 27.9 Å². The average Bonchev–Trinajstić information content (AvgIpc) is 3.64. The summed E-state index contributed by atoms with van der Waals surface area (Å²) in [5.74, 6) is 0.351. The van der Waals surface area contributed by atoms with Gasteiger partial charge in [0.05, 0.1) is 29.1 Å². The van der Waals surface area contributed by atoms with Crippen molar-refractivity contribution in [3.8, 4) is 0 Å². The van der Waals surface area contributed by atoms with Crippen LogP contribution in [0.25, 0.3) is 0 Å². The fraction of sp³-hybridized carbons (Fsp3) is 0.467. The Morgan fingerprint density at radius 3 is 2.34 bits per heavy atom. The number of likely N-dealkylation sites (tertiary alicyclic amines) is 1. The molecule has 2 atom stereocenters. The molecule has 2 aromatic rings. The number of hydrogen-bond acceptors (Lipinski definition) is 6. The lowest BCUT2D eigenvalue weighted by Crippen LogP contribution is -2.49. The maximum absolute atomic E-state index is 13.5. The van der Waals surface area contributed by atoms with Crippen LogP contribution in [0.5, 0.6) is 0 Å². The van der Waals surface area contributed by atoms with Gasteiger partial charge in [0.25, 0.3) is 0 Å². The van der Waals surface area contributed by atoms with E-state index in [1.165, 1.54) is 0 Å². The molecule has 4 rings (SSSR count). The fourth-order valence-electron chi connectivity index (χ4n) is 4.85. The van der Waals surface area contributed by atoms with E-state index in [1.807, 2.05) is 24.3 Å². The summed E-state index contributed by atoms with van der Waals surface area (Å²) in [7, 11) is 0. The Kier molecular flexibility index (Phi) is 10.1. The summed E-state index contributed by atoms with van der Waals surface area (Å²) in [6.45, 7) is 8.18. The van der Waals surface area contributed by atoms with Crippen LogP contribution in [0.2, 0.25) is 10.0 Å². The molecule has 0 spiro atoms. The Balaban J connectivity index is 1.51. The standard InChI is InChI=1S/C30H37Cl2N5O4/c1-30(2,3)41-29(40)36-24(21-10-11-22(31)23(32)17-21)18-26(38)35-25(28(39)37-14-4-5-15-37)16-19-6-8-20(9-7-19)27-33-12-13-34-27/h6-11,17,24-25H,4-5,12-16,18H2,1-3H3,(H,33,34)(H,35,38)(H,36,40). The van der Waals surface area contributed by atoms with Gasteiger partial charge in [-0.2, -0.15) is 0 Å². The Morgan fingerprint density at radius 2 is 1.73 bits per heavy atom. The largest absolute Gasteiger partial charge is 0.444 e. The number of carbonyl (C=O) groups excluding carboxylic acids is 3. The predicted molar refractivity (Wildman–Crippen MR) is 160 cm³/mol. The summed E-state index contributed by atoms with van der Waals surface area (Å²) in [4.78, 5) is 45.8. The van der Waals surface area contributed by atoms with Crippen molar-refractivity contribution < 1.29 is 19.1 Å². The average molecular weight is 603 g/mol. The molecule has 0 bridgehead atoms. The van der Waals surface area contributed by atoms with Crippen molar-refractivity contribution in [2.45, 2.75) is 64.1 Å². The van der Waals surface area contributed by atoms with Gasteiger partial charge in [0, 0.05) is 31.6 Å². The van der Waals surface area contributed by atoms with Crippen LogP contribution in [-0.2, 0) is 20.7 Å². The van der Waals surface area contributed by atoms with Gasteiger partial charge >= 0.3 is 6.09 Å². The highest BCUT2D eigenvalue weighted by Crippen LogP contribution is 2.27. The molecule has 0 radical (unpaired) electrons. The number of aliphatic imine (C=N–C) groups is 1. The second kappa shape index (κ2) is 13.6. The lowest BCUT2D eigenvalue weighted by Gasteiger charge is -2.26. The Morgan fingerprint density at radius 1 is 1.02 bits per heavy atom. The number of alkyl carbamates (subject to hydrolysis) is 1. The second-order valence-corrected chi connectivity index (χ2v) is 12.1. The van der Waals surface area contributed by atoms with Crippen molar-refractivity contribution in [2.75, 3.05) is 26.2 Å². The molecule has 2 aromatic carbocycles. The molecular formula is C30H37Cl2N5O4. The van der Waals surface area contributed by atoms with Gasteiger partial charge in [-0.3, -0.25) is 14.6 Å². The molecule has 41 heavy (non-hydrogen) atoms. The first-order chi connectivity index (χ1) is 19.5. The van der Waals surface area contributed by atoms with Crippen LogP contribution in [0.3, 0.4) is 0 Å². The van der Waals surface area contributed by atoms with Crippen LogP contribution in [0.1, 0.15) is 62.8 Å². The van der Waals surface area contributed by atoms with Gasteiger partial charge in [-0.05, 0) is 56.9 Å². The lowest BCUT2D eigenvalue weighted by molar-refractivity contribution is -0.135. The SMILES string of the molecule is CC(C)(C)OC(=O)NC(CC(=O)NC(Cc1ccc(C2=NCCN2)cc1)C(=O)N1CCCC1)c1ccc(Cl)c(Cl)c1. The quantitative estimate of drug-likeness (QED) is 0.387. The summed E-state index contributed by atoms with van der Waals surface area (Å²) >= 11 is 12.3. The molecule has 9 nitrogen and oxygen atoms in total. The van der Waals surface area contributed by atoms with Crippen molar-refractivity contribution in [1.82, 2.24) is 20.9 Å². The molecule has 0 aliphatic carbocycles. The molecule has 1 fully saturated rings. The lowest BCUT2D eigenvalue weighted by atomic mass is 10.0. The number of benzene rings is 2. The molecule has 1 saturated heterocycles. The first-order valence-corrected chi connectivity index (χ1v) is 14.6. The number of carbonyl (C=O) groups is 3. The van der Waals surface area contributed by atoms with E-state index in [-0.39, 0.29) is 12.3 Å². The van der Waals surface area contributed by atoms with Crippen molar-refractivity contribution in [3.05, 3.63) is 69.2 Å². The third-order valence-corrected chi connectivity index (χ3v) is 7.56. The smallest absolute Gasteiger partial charge is 0.408 e. The molecule has 3 N–H and O–H groups in total. The molecule has 2 aliphatic heterocycles. The normalized spacial score (nSPS) is 16.4. The molecular weight excluding hydrogens is 565 g/mol. The number of hydrogen-bond donors (Lipinski definition) is 3. The summed E-state index contributed by atoms with van der Waals surface area (Å²) in [5, 5.41) is 9.62. The summed E-state index contributed by atoms with van der Waals surface area (Å²) < 4.78 is 5.42. The van der Waals surface area contributed by atoms with Crippen molar-refractivity contribution in [1.29, 1.82) is 0 Å². The summed E-state index contributed by atoms with van der Waals surface area (Å²) in [6, 6.07) is 11.2. The number of amides is 3. The number of nitrogens with zero attached hydrogens (tertiary/aromatic N) is 2. The first-order valence-electron chi connectivity index (χ1n) is 13.9. The minimum atomic E-state index is -0.763. The van der Waals surface area contributed by atoms with Crippen LogP contribution in [0.15, 0.2) is 47.5 Å². The number of rotatable bonds is 9. The van der Waals surface area contributed by atoms with Gasteiger partial charge in [-0.15, -0.1) is 0 Å². The van der Waals surface area contributed by atoms with Crippen molar-refractivity contribution >= 4 is 46.9 Å². The number of amidine groups is 1. The van der Waals surface area contributed by atoms with E-state index >= 15 is 0 Å². The highest BCUT2D eigenvalue weighted by atomic mass is 35.5. The van der Waals surface area contributed by atoms with Crippen LogP contribution in [0, 0.1) is 0 Å². The predicted octanol–water partition coefficient (Wildman–Crippen LogP) is 4.65. The van der Waals surface area contributed by atoms with Gasteiger partial charge < -0.3 is 25.6 Å². The molecule has 2 aliphatic rings. The minimum absolute atomic E-state index is 0.118. The molecule has 2 heterocycles. The molecule has 3 amide bonds. The summed E-state index contributed by atoms with van der Waals surface area (Å²) in [5.41, 5.74) is 1.76. The molecule has 0 aromatic heterocycles. The van der Waals surface area contributed by atoms with E-state index < -0.39 is 29.7 Å². The van der Waals surface area contributed by atoms with E-state index in [0.29, 0.717) is 35.1 Å². The first kappa shape index (κ1) is 30.7. The van der Waals surface area contributed by atoms with E-state index in [0.717, 1.165) is 42.9 Å². The van der Waals surface area contributed by atoms with Crippen LogP contribution >= 0.6 is 23.2 Å². The zero-order chi connectivity index (χ0) is 29.6. The topological polar surface area (TPSA) is 112 Å². The number of halogens is 2. The minimum Gasteiger partial charge on any atom is -0.444 e. The Labute approximate surface area is 251 Å². The van der Waals surface area contributed by atoms with Crippen LogP contribution in [0.4, 0.5) is 4.79 Å². The van der Waals surface area contributed by atoms with Gasteiger partial charge in [0.1, 0.15) is 17.5 Å². The van der Waals surface area contributed by atoms with E-state index in [9.17, 15) is 14.4 Å². The fourth-order valence-corrected chi connectivity index (χ4v) is 5.16. The van der Waals surface area contributed by atoms with Crippen molar-refractivity contribution in [2.24, 2.45) is 4.99 Å². The molecule has 11 heteroatoms. The third kappa shape index (κ3) is 8.84. The number of ether oxygens (including phenoxy) is 1. The van der Waals surface area contributed by atoms with Gasteiger partial charge in [0.15, 0.2) is 0 Å². The Bertz CT molecular complexity index is 1290. The molecule has 2 unspecified atom stereocenters. The van der Waals surface area contributed by atoms with Crippen molar-refractivity contribution in [3.63, 3.8) is 0 Å². The Hall–Kier alpha value is -3.30. The highest BCUT2D eigenvalue weighted by molar-refractivity contribution is 6.42. The zero-order valence-corrected chi connectivity index (χ0v) is 25.1. The monoisotopic (exact) mass is 601 g/mol. The maximum atomic E-state index is 13.5. The van der Waals surface area contributed by atoms with Gasteiger partial charge in [0.2, 0.25) is 11.8 Å². The van der Waals surface area contributed by atoms with Crippen LogP contribution in [-0.4, -0.2) is 66.5 Å². The number of nitrogens with one attached hydrogen (secondary N) is 3. The van der Waals surface area contributed by atoms with Gasteiger partial charge in [-0.25, -0.2) is 4.79 Å². The molecule has 220 valence electrons. The molecule has 0 saturated carbocycles. The zero-order valence-electron chi connectivity index (χ0n) is 23.6.